The van der Waals surface area contributed by atoms with Crippen molar-refractivity contribution in [1.82, 2.24) is 10.2 Å². The number of hydrogen-bond donors (Lipinski definition) is 2. The minimum absolute atomic E-state index is 0.0341. The van der Waals surface area contributed by atoms with Crippen molar-refractivity contribution in [3.8, 4) is 0 Å². The minimum atomic E-state index is -0.243. The van der Waals surface area contributed by atoms with Crippen molar-refractivity contribution in [2.45, 2.75) is 26.0 Å². The molecule has 5 heteroatoms. The molecule has 0 spiro atoms. The molecule has 5 nitrogen and oxygen atoms in total. The second-order valence-electron chi connectivity index (χ2n) is 4.78. The summed E-state index contributed by atoms with van der Waals surface area (Å²) < 4.78 is 5.43. The maximum Gasteiger partial charge on any atom is 0.249 e. The molecule has 2 fully saturated rings. The van der Waals surface area contributed by atoms with Crippen molar-refractivity contribution < 1.29 is 14.6 Å². The summed E-state index contributed by atoms with van der Waals surface area (Å²) in [4.78, 5) is 14.1. The van der Waals surface area contributed by atoms with E-state index < -0.39 is 0 Å². The standard InChI is InChI=1S/C12H20N2O3/c1-8-7-17-11(6-15)5-14(8)12(16)9(2)10-3-13-4-10/h8,11,13,15H,3-7H2,1-2H3. The van der Waals surface area contributed by atoms with Crippen molar-refractivity contribution in [1.29, 1.82) is 0 Å². The number of hydrogen-bond acceptors (Lipinski definition) is 4. The number of nitrogens with zero attached hydrogens (tertiary/aromatic N) is 1. The maximum atomic E-state index is 12.3. The first kappa shape index (κ1) is 12.5. The van der Waals surface area contributed by atoms with E-state index in [0.717, 1.165) is 18.7 Å². The Labute approximate surface area is 101 Å². The van der Waals surface area contributed by atoms with Gasteiger partial charge in [-0.1, -0.05) is 0 Å². The Bertz CT molecular complexity index is 335. The number of morpholine rings is 1. The molecule has 0 aromatic carbocycles. The minimum Gasteiger partial charge on any atom is -0.394 e. The quantitative estimate of drug-likeness (QED) is 0.640. The van der Waals surface area contributed by atoms with E-state index in [1.165, 1.54) is 5.57 Å². The van der Waals surface area contributed by atoms with Crippen molar-refractivity contribution in [2.75, 3.05) is 32.8 Å². The lowest BCUT2D eigenvalue weighted by Crippen LogP contribution is -2.52. The Kier molecular flexibility index (Phi) is 3.81. The highest BCUT2D eigenvalue weighted by Crippen LogP contribution is 2.17. The van der Waals surface area contributed by atoms with Crippen molar-refractivity contribution in [2.24, 2.45) is 0 Å². The topological polar surface area (TPSA) is 61.8 Å². The Hall–Kier alpha value is -0.910. The van der Waals surface area contributed by atoms with Gasteiger partial charge in [-0.3, -0.25) is 4.79 Å². The number of aliphatic hydroxyl groups is 1. The number of nitrogens with one attached hydrogen (secondary N) is 1. The molecule has 2 atom stereocenters. The molecule has 2 rings (SSSR count). The number of amides is 1. The van der Waals surface area contributed by atoms with E-state index in [1.807, 2.05) is 18.7 Å². The third kappa shape index (κ3) is 2.51. The molecule has 0 aliphatic carbocycles. The highest BCUT2D eigenvalue weighted by molar-refractivity contribution is 5.94. The zero-order valence-electron chi connectivity index (χ0n) is 10.4. The summed E-state index contributed by atoms with van der Waals surface area (Å²) in [6.45, 7) is 6.44. The van der Waals surface area contributed by atoms with Gasteiger partial charge in [0.05, 0.1) is 25.4 Å². The fourth-order valence-corrected chi connectivity index (χ4v) is 2.09. The van der Waals surface area contributed by atoms with Gasteiger partial charge in [-0.25, -0.2) is 0 Å². The lowest BCUT2D eigenvalue weighted by atomic mass is 10.0. The normalized spacial score (nSPS) is 28.9. The predicted molar refractivity (Wildman–Crippen MR) is 63.6 cm³/mol. The van der Waals surface area contributed by atoms with Crippen molar-refractivity contribution in [3.05, 3.63) is 11.1 Å². The highest BCUT2D eigenvalue weighted by Gasteiger charge is 2.31. The molecule has 2 aliphatic heterocycles. The van der Waals surface area contributed by atoms with Crippen LogP contribution in [0.4, 0.5) is 0 Å². The summed E-state index contributed by atoms with van der Waals surface area (Å²) in [5.41, 5.74) is 2.03. The summed E-state index contributed by atoms with van der Waals surface area (Å²) in [5.74, 6) is 0.0794. The van der Waals surface area contributed by atoms with E-state index in [9.17, 15) is 4.79 Å². The van der Waals surface area contributed by atoms with Gasteiger partial charge in [-0.15, -0.1) is 0 Å². The summed E-state index contributed by atoms with van der Waals surface area (Å²) in [7, 11) is 0. The largest absolute Gasteiger partial charge is 0.394 e. The zero-order valence-corrected chi connectivity index (χ0v) is 10.4. The van der Waals surface area contributed by atoms with Crippen LogP contribution in [-0.4, -0.2) is 60.9 Å². The van der Waals surface area contributed by atoms with Crippen LogP contribution in [0.3, 0.4) is 0 Å². The summed E-state index contributed by atoms with van der Waals surface area (Å²) in [6.07, 6.45) is -0.243. The molecule has 2 unspecified atom stereocenters. The average Bonchev–Trinajstić information content (AvgIpc) is 2.26. The fourth-order valence-electron chi connectivity index (χ4n) is 2.09. The van der Waals surface area contributed by atoms with E-state index in [0.29, 0.717) is 13.2 Å². The smallest absolute Gasteiger partial charge is 0.249 e. The number of aliphatic hydroxyl groups excluding tert-OH is 1. The van der Waals surface area contributed by atoms with Gasteiger partial charge in [0, 0.05) is 25.2 Å². The first-order valence-corrected chi connectivity index (χ1v) is 6.06. The van der Waals surface area contributed by atoms with Gasteiger partial charge in [0.25, 0.3) is 0 Å². The molecule has 2 heterocycles. The molecule has 17 heavy (non-hydrogen) atoms. The monoisotopic (exact) mass is 240 g/mol. The SMILES string of the molecule is CC(C(=O)N1CC(CO)OCC1C)=C1CNC1. The van der Waals surface area contributed by atoms with Crippen LogP contribution in [-0.2, 0) is 9.53 Å². The van der Waals surface area contributed by atoms with E-state index in [-0.39, 0.29) is 24.7 Å². The van der Waals surface area contributed by atoms with Gasteiger partial charge >= 0.3 is 0 Å². The van der Waals surface area contributed by atoms with Gasteiger partial charge in [0.15, 0.2) is 0 Å². The Morgan fingerprint density at radius 1 is 1.59 bits per heavy atom. The Morgan fingerprint density at radius 2 is 2.29 bits per heavy atom. The third-order valence-corrected chi connectivity index (χ3v) is 3.50. The number of rotatable bonds is 2. The molecule has 2 aliphatic rings. The van der Waals surface area contributed by atoms with Crippen LogP contribution < -0.4 is 5.32 Å². The molecule has 0 saturated carbocycles. The molecule has 0 bridgehead atoms. The summed E-state index contributed by atoms with van der Waals surface area (Å²) in [5, 5.41) is 12.2. The lowest BCUT2D eigenvalue weighted by Gasteiger charge is -2.38. The average molecular weight is 240 g/mol. The second kappa shape index (κ2) is 5.16. The molecule has 0 aromatic rings. The van der Waals surface area contributed by atoms with E-state index >= 15 is 0 Å². The first-order valence-electron chi connectivity index (χ1n) is 6.06. The van der Waals surface area contributed by atoms with Crippen molar-refractivity contribution >= 4 is 5.91 Å². The maximum absolute atomic E-state index is 12.3. The summed E-state index contributed by atoms with van der Waals surface area (Å²) in [6, 6.07) is 0.0777. The molecule has 1 amide bonds. The van der Waals surface area contributed by atoms with Crippen LogP contribution >= 0.6 is 0 Å². The van der Waals surface area contributed by atoms with Crippen LogP contribution in [0, 0.1) is 0 Å². The molecular weight excluding hydrogens is 220 g/mol. The van der Waals surface area contributed by atoms with Gasteiger partial charge in [0.1, 0.15) is 0 Å². The number of ether oxygens (including phenoxy) is 1. The van der Waals surface area contributed by atoms with E-state index in [4.69, 9.17) is 9.84 Å². The Morgan fingerprint density at radius 3 is 2.82 bits per heavy atom. The van der Waals surface area contributed by atoms with Gasteiger partial charge in [0.2, 0.25) is 5.91 Å². The van der Waals surface area contributed by atoms with Crippen LogP contribution in [0.5, 0.6) is 0 Å². The molecule has 2 N–H and O–H groups in total. The number of carbonyl (C=O) groups is 1. The third-order valence-electron chi connectivity index (χ3n) is 3.50. The van der Waals surface area contributed by atoms with Gasteiger partial charge in [-0.2, -0.15) is 0 Å². The predicted octanol–water partition coefficient (Wildman–Crippen LogP) is -0.486. The van der Waals surface area contributed by atoms with E-state index in [1.54, 1.807) is 0 Å². The van der Waals surface area contributed by atoms with Crippen molar-refractivity contribution in [3.63, 3.8) is 0 Å². The van der Waals surface area contributed by atoms with Crippen LogP contribution in [0.1, 0.15) is 13.8 Å². The second-order valence-corrected chi connectivity index (χ2v) is 4.78. The fraction of sp³-hybridized carbons (Fsp3) is 0.750. The molecule has 0 aromatic heterocycles. The number of carbonyl (C=O) groups excluding carboxylic acids is 1. The first-order chi connectivity index (χ1) is 8.13. The molecule has 2 saturated heterocycles. The lowest BCUT2D eigenvalue weighted by molar-refractivity contribution is -0.142. The highest BCUT2D eigenvalue weighted by atomic mass is 16.5. The van der Waals surface area contributed by atoms with Gasteiger partial charge < -0.3 is 20.1 Å². The molecule has 96 valence electrons. The van der Waals surface area contributed by atoms with E-state index in [2.05, 4.69) is 5.32 Å². The summed E-state index contributed by atoms with van der Waals surface area (Å²) >= 11 is 0. The molecular formula is C12H20N2O3. The van der Waals surface area contributed by atoms with Crippen LogP contribution in [0.15, 0.2) is 11.1 Å². The molecule has 0 radical (unpaired) electrons. The van der Waals surface area contributed by atoms with Crippen LogP contribution in [0.2, 0.25) is 0 Å². The van der Waals surface area contributed by atoms with Gasteiger partial charge in [-0.05, 0) is 19.4 Å². The Balaban J connectivity index is 2.06. The zero-order chi connectivity index (χ0) is 12.4. The van der Waals surface area contributed by atoms with Crippen LogP contribution in [0.25, 0.3) is 0 Å².